The van der Waals surface area contributed by atoms with Crippen LogP contribution in [0.25, 0.3) is 0 Å². The lowest BCUT2D eigenvalue weighted by molar-refractivity contribution is -0.153. The van der Waals surface area contributed by atoms with Gasteiger partial charge in [-0.25, -0.2) is 5.01 Å². The maximum atomic E-state index is 12.8. The highest BCUT2D eigenvalue weighted by molar-refractivity contribution is 5.84. The summed E-state index contributed by atoms with van der Waals surface area (Å²) in [6, 6.07) is 1.16. The zero-order valence-corrected chi connectivity index (χ0v) is 17.5. The molecule has 2 aliphatic carbocycles. The minimum atomic E-state index is -0.00745. The molecule has 4 unspecified atom stereocenters. The predicted octanol–water partition coefficient (Wildman–Crippen LogP) is 0.955. The third-order valence-electron chi connectivity index (χ3n) is 7.65. The molecule has 0 bridgehead atoms. The Morgan fingerprint density at radius 1 is 1.14 bits per heavy atom. The van der Waals surface area contributed by atoms with Crippen molar-refractivity contribution in [3.05, 3.63) is 0 Å². The van der Waals surface area contributed by atoms with Gasteiger partial charge in [0, 0.05) is 50.7 Å². The Labute approximate surface area is 169 Å². The van der Waals surface area contributed by atoms with Crippen molar-refractivity contribution in [2.24, 2.45) is 5.92 Å². The highest BCUT2D eigenvalue weighted by Gasteiger charge is 2.50. The van der Waals surface area contributed by atoms with E-state index in [0.717, 1.165) is 45.3 Å². The topological polar surface area (TPSA) is 67.9 Å². The van der Waals surface area contributed by atoms with Crippen LogP contribution in [0.15, 0.2) is 0 Å². The van der Waals surface area contributed by atoms with Gasteiger partial charge in [-0.2, -0.15) is 0 Å². The Balaban J connectivity index is 1.26. The summed E-state index contributed by atoms with van der Waals surface area (Å²) in [5.74, 6) is 0.407. The summed E-state index contributed by atoms with van der Waals surface area (Å²) in [5, 5.41) is 5.37. The molecule has 7 heteroatoms. The molecule has 2 saturated carbocycles. The minimum absolute atomic E-state index is 0.00745. The first-order valence-electron chi connectivity index (χ1n) is 11.3. The van der Waals surface area contributed by atoms with Crippen LogP contribution in [0.5, 0.6) is 0 Å². The molecule has 0 aromatic heterocycles. The zero-order chi connectivity index (χ0) is 19.7. The van der Waals surface area contributed by atoms with Crippen LogP contribution >= 0.6 is 0 Å². The average molecular weight is 392 g/mol. The molecule has 4 fully saturated rings. The van der Waals surface area contributed by atoms with Crippen molar-refractivity contribution in [1.82, 2.24) is 25.6 Å². The van der Waals surface area contributed by atoms with E-state index in [1.165, 1.54) is 32.1 Å². The van der Waals surface area contributed by atoms with Gasteiger partial charge in [-0.3, -0.25) is 15.0 Å². The van der Waals surface area contributed by atoms with E-state index in [1.54, 1.807) is 0 Å². The molecule has 0 aromatic rings. The maximum absolute atomic E-state index is 12.8. The first-order chi connectivity index (χ1) is 13.6. The molecule has 0 radical (unpaired) electrons. The van der Waals surface area contributed by atoms with Gasteiger partial charge in [-0.05, 0) is 45.6 Å². The Morgan fingerprint density at radius 2 is 1.93 bits per heavy atom. The molecule has 0 spiro atoms. The van der Waals surface area contributed by atoms with E-state index in [1.807, 2.05) is 11.9 Å². The molecular formula is C21H37N5O2. The molecule has 7 nitrogen and oxygen atoms in total. The quantitative estimate of drug-likeness (QED) is 0.731. The van der Waals surface area contributed by atoms with Crippen molar-refractivity contribution in [2.75, 3.05) is 33.7 Å². The number of hydrogen-bond donors (Lipinski definition) is 2. The Bertz CT molecular complexity index is 579. The number of hydrazine groups is 1. The van der Waals surface area contributed by atoms with E-state index in [0.29, 0.717) is 12.1 Å². The molecule has 4 aliphatic rings. The van der Waals surface area contributed by atoms with Crippen LogP contribution < -0.4 is 10.7 Å². The van der Waals surface area contributed by atoms with Gasteiger partial charge >= 0.3 is 0 Å². The van der Waals surface area contributed by atoms with E-state index in [2.05, 4.69) is 27.7 Å². The third kappa shape index (κ3) is 3.94. The summed E-state index contributed by atoms with van der Waals surface area (Å²) >= 11 is 0. The Hall–Kier alpha value is -1.18. The minimum Gasteiger partial charge on any atom is -0.355 e. The Kier molecular flexibility index (Phi) is 6.23. The largest absolute Gasteiger partial charge is 0.355 e. The van der Waals surface area contributed by atoms with Crippen molar-refractivity contribution < 1.29 is 9.59 Å². The molecule has 2 saturated heterocycles. The van der Waals surface area contributed by atoms with Crippen LogP contribution in [0, 0.1) is 5.92 Å². The van der Waals surface area contributed by atoms with Crippen molar-refractivity contribution in [3.63, 3.8) is 0 Å². The van der Waals surface area contributed by atoms with E-state index in [9.17, 15) is 9.59 Å². The van der Waals surface area contributed by atoms with Crippen molar-refractivity contribution >= 4 is 11.8 Å². The number of rotatable bonds is 5. The summed E-state index contributed by atoms with van der Waals surface area (Å²) in [6.07, 6.45) is 10.2. The Morgan fingerprint density at radius 3 is 2.71 bits per heavy atom. The van der Waals surface area contributed by atoms with E-state index in [4.69, 9.17) is 0 Å². The van der Waals surface area contributed by atoms with Gasteiger partial charge < -0.3 is 15.1 Å². The molecule has 2 amide bonds. The van der Waals surface area contributed by atoms with Crippen LogP contribution in [0.2, 0.25) is 0 Å². The highest BCUT2D eigenvalue weighted by Crippen LogP contribution is 2.36. The van der Waals surface area contributed by atoms with Crippen molar-refractivity contribution in [1.29, 1.82) is 0 Å². The number of amides is 2. The van der Waals surface area contributed by atoms with E-state index < -0.39 is 0 Å². The SMILES string of the molecule is CN(CCNC(=O)C1CCC2C(C1)N(C)C(=O)C1CCNN12)C1CCCCC1. The number of fused-ring (bicyclic) bond motifs is 3. The summed E-state index contributed by atoms with van der Waals surface area (Å²) < 4.78 is 0. The second kappa shape index (κ2) is 8.67. The summed E-state index contributed by atoms with van der Waals surface area (Å²) in [6.45, 7) is 2.53. The summed E-state index contributed by atoms with van der Waals surface area (Å²) in [7, 11) is 4.12. The van der Waals surface area contributed by atoms with Gasteiger partial charge in [-0.15, -0.1) is 0 Å². The van der Waals surface area contributed by atoms with E-state index in [-0.39, 0.29) is 29.8 Å². The van der Waals surface area contributed by atoms with Gasteiger partial charge in [0.25, 0.3) is 0 Å². The number of nitrogens with one attached hydrogen (secondary N) is 2. The molecule has 0 aromatic carbocycles. The fraction of sp³-hybridized carbons (Fsp3) is 0.905. The monoisotopic (exact) mass is 391 g/mol. The molecule has 28 heavy (non-hydrogen) atoms. The molecule has 4 rings (SSSR count). The molecule has 158 valence electrons. The lowest BCUT2D eigenvalue weighted by atomic mass is 9.79. The number of hydrogen-bond acceptors (Lipinski definition) is 5. The van der Waals surface area contributed by atoms with Crippen LogP contribution in [-0.4, -0.2) is 84.5 Å². The van der Waals surface area contributed by atoms with Gasteiger partial charge in [0.15, 0.2) is 0 Å². The predicted molar refractivity (Wildman–Crippen MR) is 108 cm³/mol. The number of nitrogens with zero attached hydrogens (tertiary/aromatic N) is 3. The highest BCUT2D eigenvalue weighted by atomic mass is 16.2. The van der Waals surface area contributed by atoms with Crippen LogP contribution in [-0.2, 0) is 9.59 Å². The smallest absolute Gasteiger partial charge is 0.241 e. The second-order valence-electron chi connectivity index (χ2n) is 9.28. The van der Waals surface area contributed by atoms with Gasteiger partial charge in [-0.1, -0.05) is 19.3 Å². The molecule has 2 heterocycles. The lowest BCUT2D eigenvalue weighted by Gasteiger charge is -2.50. The molecule has 2 aliphatic heterocycles. The molecular weight excluding hydrogens is 354 g/mol. The van der Waals surface area contributed by atoms with Crippen LogP contribution in [0.3, 0.4) is 0 Å². The van der Waals surface area contributed by atoms with Gasteiger partial charge in [0.2, 0.25) is 11.8 Å². The van der Waals surface area contributed by atoms with Gasteiger partial charge in [0.05, 0.1) is 0 Å². The fourth-order valence-electron chi connectivity index (χ4n) is 5.88. The number of piperazine rings is 1. The van der Waals surface area contributed by atoms with Crippen LogP contribution in [0.4, 0.5) is 0 Å². The zero-order valence-electron chi connectivity index (χ0n) is 17.5. The molecule has 4 atom stereocenters. The number of carbonyl (C=O) groups is 2. The first kappa shape index (κ1) is 20.1. The fourth-order valence-corrected chi connectivity index (χ4v) is 5.88. The maximum Gasteiger partial charge on any atom is 0.241 e. The average Bonchev–Trinajstić information content (AvgIpc) is 3.22. The molecule has 2 N–H and O–H groups in total. The van der Waals surface area contributed by atoms with Crippen molar-refractivity contribution in [2.45, 2.75) is 82.0 Å². The first-order valence-corrected chi connectivity index (χ1v) is 11.3. The summed E-state index contributed by atoms with van der Waals surface area (Å²) in [4.78, 5) is 29.8. The van der Waals surface area contributed by atoms with Crippen LogP contribution in [0.1, 0.15) is 57.8 Å². The van der Waals surface area contributed by atoms with Gasteiger partial charge in [0.1, 0.15) is 6.04 Å². The van der Waals surface area contributed by atoms with E-state index >= 15 is 0 Å². The number of likely N-dealkylation sites (N-methyl/N-ethyl adjacent to an activating group) is 2. The number of carbonyl (C=O) groups excluding carboxylic acids is 2. The normalized spacial score (nSPS) is 34.4. The lowest BCUT2D eigenvalue weighted by Crippen LogP contribution is -2.67. The van der Waals surface area contributed by atoms with Crippen molar-refractivity contribution in [3.8, 4) is 0 Å². The standard InChI is InChI=1S/C21H37N5O2/c1-24(16-6-4-3-5-7-16)13-12-22-20(27)15-8-9-17-19(14-15)25(2)21(28)18-10-11-23-26(17)18/h15-19,23H,3-14H2,1-2H3,(H,22,27). The third-order valence-corrected chi connectivity index (χ3v) is 7.65. The second-order valence-corrected chi connectivity index (χ2v) is 9.28. The summed E-state index contributed by atoms with van der Waals surface area (Å²) in [5.41, 5.74) is 3.41.